The summed E-state index contributed by atoms with van der Waals surface area (Å²) >= 11 is 6.88. The summed E-state index contributed by atoms with van der Waals surface area (Å²) in [5, 5.41) is 2.80. The molecule has 128 valence electrons. The van der Waals surface area contributed by atoms with Gasteiger partial charge in [0.15, 0.2) is 0 Å². The van der Waals surface area contributed by atoms with E-state index >= 15 is 0 Å². The second-order valence-corrected chi connectivity index (χ2v) is 9.37. The molecule has 1 amide bonds. The van der Waals surface area contributed by atoms with Crippen LogP contribution in [0.25, 0.3) is 0 Å². The molecule has 1 saturated heterocycles. The zero-order valence-electron chi connectivity index (χ0n) is 12.8. The molecule has 0 bridgehead atoms. The van der Waals surface area contributed by atoms with Crippen LogP contribution in [0.3, 0.4) is 0 Å². The van der Waals surface area contributed by atoms with E-state index in [1.165, 1.54) is 10.4 Å². The van der Waals surface area contributed by atoms with E-state index in [9.17, 15) is 13.2 Å². The third-order valence-corrected chi connectivity index (χ3v) is 7.52. The number of nitrogens with one attached hydrogen (secondary N) is 1. The van der Waals surface area contributed by atoms with Crippen LogP contribution in [0.1, 0.15) is 19.3 Å². The lowest BCUT2D eigenvalue weighted by Crippen LogP contribution is -2.49. The standard InChI is InChI=1S/C16H17ClN2O3S2/c17-14-9-10-15(23-14)24(21,22)19-11-5-4-8-13(19)16(20)18-12-6-2-1-3-7-12/h1-3,6-7,9-10,13H,4-5,8,11H2,(H,18,20)/t13-/m1/s1. The topological polar surface area (TPSA) is 66.5 Å². The summed E-state index contributed by atoms with van der Waals surface area (Å²) in [7, 11) is -3.72. The highest BCUT2D eigenvalue weighted by Crippen LogP contribution is 2.32. The lowest BCUT2D eigenvalue weighted by atomic mass is 10.0. The molecule has 8 heteroatoms. The summed E-state index contributed by atoms with van der Waals surface area (Å²) < 4.78 is 27.6. The first-order valence-corrected chi connectivity index (χ1v) is 10.2. The predicted molar refractivity (Wildman–Crippen MR) is 95.9 cm³/mol. The van der Waals surface area contributed by atoms with Crippen LogP contribution in [-0.2, 0) is 14.8 Å². The first kappa shape index (κ1) is 17.4. The fourth-order valence-corrected chi connectivity index (χ4v) is 6.02. The number of amides is 1. The number of rotatable bonds is 4. The van der Waals surface area contributed by atoms with Crippen LogP contribution in [0.4, 0.5) is 5.69 Å². The number of piperidine rings is 1. The molecule has 1 N–H and O–H groups in total. The number of para-hydroxylation sites is 1. The lowest BCUT2D eigenvalue weighted by molar-refractivity contribution is -0.120. The van der Waals surface area contributed by atoms with Crippen molar-refractivity contribution in [3.05, 3.63) is 46.8 Å². The number of anilines is 1. The fraction of sp³-hybridized carbons (Fsp3) is 0.312. The van der Waals surface area contributed by atoms with E-state index in [-0.39, 0.29) is 10.1 Å². The number of carbonyl (C=O) groups excluding carboxylic acids is 1. The van der Waals surface area contributed by atoms with Gasteiger partial charge in [0.1, 0.15) is 10.3 Å². The molecular formula is C16H17ClN2O3S2. The number of hydrogen-bond acceptors (Lipinski definition) is 4. The second kappa shape index (κ2) is 7.23. The van der Waals surface area contributed by atoms with E-state index in [1.807, 2.05) is 18.2 Å². The Morgan fingerprint density at radius 1 is 1.17 bits per heavy atom. The van der Waals surface area contributed by atoms with E-state index in [2.05, 4.69) is 5.32 Å². The van der Waals surface area contributed by atoms with Gasteiger partial charge in [0.25, 0.3) is 10.0 Å². The maximum atomic E-state index is 12.9. The number of thiophene rings is 1. The third-order valence-electron chi connectivity index (χ3n) is 3.91. The van der Waals surface area contributed by atoms with Gasteiger partial charge in [0.2, 0.25) is 5.91 Å². The number of nitrogens with zero attached hydrogens (tertiary/aromatic N) is 1. The zero-order valence-corrected chi connectivity index (χ0v) is 15.2. The number of carbonyl (C=O) groups is 1. The Hall–Kier alpha value is -1.41. The highest BCUT2D eigenvalue weighted by Gasteiger charge is 2.38. The Labute approximate surface area is 150 Å². The van der Waals surface area contributed by atoms with Gasteiger partial charge < -0.3 is 5.32 Å². The minimum Gasteiger partial charge on any atom is -0.325 e. The van der Waals surface area contributed by atoms with Gasteiger partial charge in [0.05, 0.1) is 4.34 Å². The van der Waals surface area contributed by atoms with Crippen LogP contribution < -0.4 is 5.32 Å². The van der Waals surface area contributed by atoms with Crippen molar-refractivity contribution in [3.8, 4) is 0 Å². The van der Waals surface area contributed by atoms with Crippen molar-refractivity contribution in [1.29, 1.82) is 0 Å². The van der Waals surface area contributed by atoms with Crippen LogP contribution in [-0.4, -0.2) is 31.2 Å². The molecule has 0 spiro atoms. The highest BCUT2D eigenvalue weighted by molar-refractivity contribution is 7.91. The molecule has 5 nitrogen and oxygen atoms in total. The van der Waals surface area contributed by atoms with Crippen molar-refractivity contribution in [2.75, 3.05) is 11.9 Å². The molecule has 0 aliphatic carbocycles. The number of sulfonamides is 1. The molecule has 1 aliphatic rings. The fourth-order valence-electron chi connectivity index (χ4n) is 2.75. The van der Waals surface area contributed by atoms with Gasteiger partial charge in [-0.25, -0.2) is 8.42 Å². The van der Waals surface area contributed by atoms with Gasteiger partial charge in [-0.2, -0.15) is 4.31 Å². The van der Waals surface area contributed by atoms with Gasteiger partial charge in [-0.3, -0.25) is 4.79 Å². The first-order valence-electron chi connectivity index (χ1n) is 7.61. The SMILES string of the molecule is O=C(Nc1ccccc1)[C@H]1CCCCN1S(=O)(=O)c1ccc(Cl)s1. The Bertz CT molecular complexity index is 821. The minimum absolute atomic E-state index is 0.173. The van der Waals surface area contributed by atoms with Gasteiger partial charge in [-0.1, -0.05) is 36.2 Å². The second-order valence-electron chi connectivity index (χ2n) is 5.54. The smallest absolute Gasteiger partial charge is 0.253 e. The lowest BCUT2D eigenvalue weighted by Gasteiger charge is -2.33. The Morgan fingerprint density at radius 3 is 2.58 bits per heavy atom. The Kier molecular flexibility index (Phi) is 5.24. The summed E-state index contributed by atoms with van der Waals surface area (Å²) in [6, 6.07) is 11.4. The van der Waals surface area contributed by atoms with E-state index in [1.54, 1.807) is 18.2 Å². The third kappa shape index (κ3) is 3.64. The van der Waals surface area contributed by atoms with Gasteiger partial charge in [0, 0.05) is 12.2 Å². The molecule has 1 atom stereocenters. The molecule has 24 heavy (non-hydrogen) atoms. The van der Waals surface area contributed by atoms with Gasteiger partial charge in [-0.15, -0.1) is 11.3 Å². The summed E-state index contributed by atoms with van der Waals surface area (Å²) in [6.07, 6.45) is 2.08. The molecule has 1 aromatic carbocycles. The number of halogens is 1. The summed E-state index contributed by atoms with van der Waals surface area (Å²) in [5.74, 6) is -0.299. The quantitative estimate of drug-likeness (QED) is 0.876. The molecule has 2 heterocycles. The van der Waals surface area contributed by atoms with Crippen LogP contribution in [0.5, 0.6) is 0 Å². The van der Waals surface area contributed by atoms with Crippen molar-refractivity contribution in [3.63, 3.8) is 0 Å². The monoisotopic (exact) mass is 384 g/mol. The predicted octanol–water partition coefficient (Wildman–Crippen LogP) is 3.58. The Balaban J connectivity index is 1.84. The molecule has 1 aliphatic heterocycles. The van der Waals surface area contributed by atoms with E-state index in [0.29, 0.717) is 23.0 Å². The molecule has 3 rings (SSSR count). The molecule has 0 unspecified atom stereocenters. The van der Waals surface area contributed by atoms with Crippen molar-refractivity contribution < 1.29 is 13.2 Å². The molecule has 1 fully saturated rings. The normalized spacial score (nSPS) is 19.1. The molecule has 0 saturated carbocycles. The molecule has 0 radical (unpaired) electrons. The van der Waals surface area contributed by atoms with Crippen LogP contribution in [0, 0.1) is 0 Å². The summed E-state index contributed by atoms with van der Waals surface area (Å²) in [5.41, 5.74) is 0.657. The Morgan fingerprint density at radius 2 is 1.92 bits per heavy atom. The van der Waals surface area contributed by atoms with Crippen LogP contribution in [0.2, 0.25) is 4.34 Å². The van der Waals surface area contributed by atoms with Crippen LogP contribution >= 0.6 is 22.9 Å². The van der Waals surface area contributed by atoms with Gasteiger partial charge in [-0.05, 0) is 37.1 Å². The zero-order chi connectivity index (χ0) is 17.2. The van der Waals surface area contributed by atoms with Crippen molar-refractivity contribution >= 4 is 44.6 Å². The van der Waals surface area contributed by atoms with E-state index < -0.39 is 16.1 Å². The molecule has 2 aromatic rings. The average Bonchev–Trinajstić information content (AvgIpc) is 3.03. The molecule has 1 aromatic heterocycles. The van der Waals surface area contributed by atoms with Gasteiger partial charge >= 0.3 is 0 Å². The summed E-state index contributed by atoms with van der Waals surface area (Å²) in [6.45, 7) is 0.338. The average molecular weight is 385 g/mol. The number of benzene rings is 1. The molecular weight excluding hydrogens is 368 g/mol. The largest absolute Gasteiger partial charge is 0.325 e. The van der Waals surface area contributed by atoms with Crippen LogP contribution in [0.15, 0.2) is 46.7 Å². The van der Waals surface area contributed by atoms with Crippen molar-refractivity contribution in [2.45, 2.75) is 29.5 Å². The maximum Gasteiger partial charge on any atom is 0.253 e. The van der Waals surface area contributed by atoms with E-state index in [0.717, 1.165) is 24.2 Å². The summed E-state index contributed by atoms with van der Waals surface area (Å²) in [4.78, 5) is 12.6. The number of hydrogen-bond donors (Lipinski definition) is 1. The van der Waals surface area contributed by atoms with Crippen molar-refractivity contribution in [2.24, 2.45) is 0 Å². The highest BCUT2D eigenvalue weighted by atomic mass is 35.5. The van der Waals surface area contributed by atoms with Crippen molar-refractivity contribution in [1.82, 2.24) is 4.31 Å². The minimum atomic E-state index is -3.72. The first-order chi connectivity index (χ1) is 11.5. The van der Waals surface area contributed by atoms with E-state index in [4.69, 9.17) is 11.6 Å². The maximum absolute atomic E-state index is 12.9.